The van der Waals surface area contributed by atoms with Crippen LogP contribution >= 0.6 is 20.8 Å². The number of halogens is 3. The minimum absolute atomic E-state index is 0.0538. The first-order valence-electron chi connectivity index (χ1n) is 11.0. The molecule has 0 spiro atoms. The van der Waals surface area contributed by atoms with Gasteiger partial charge < -0.3 is 14.6 Å². The Morgan fingerprint density at radius 2 is 1.97 bits per heavy atom. The molecule has 0 amide bonds. The lowest BCUT2D eigenvalue weighted by Crippen LogP contribution is -2.28. The average Bonchev–Trinajstić information content (AvgIpc) is 3.24. The van der Waals surface area contributed by atoms with Crippen LogP contribution in [0.1, 0.15) is 45.4 Å². The van der Waals surface area contributed by atoms with Crippen molar-refractivity contribution in [2.75, 3.05) is 13.6 Å². The van der Waals surface area contributed by atoms with Gasteiger partial charge in [0.05, 0.1) is 5.41 Å². The Hall–Kier alpha value is -2.15. The van der Waals surface area contributed by atoms with Crippen LogP contribution in [-0.2, 0) is 5.41 Å². The van der Waals surface area contributed by atoms with Crippen LogP contribution in [-0.4, -0.2) is 41.0 Å². The third-order valence-corrected chi connectivity index (χ3v) is 6.53. The van der Waals surface area contributed by atoms with E-state index in [1.807, 2.05) is 33.8 Å². The van der Waals surface area contributed by atoms with Crippen LogP contribution in [0.5, 0.6) is 5.88 Å². The summed E-state index contributed by atoms with van der Waals surface area (Å²) in [5.41, 5.74) is 0.0350. The van der Waals surface area contributed by atoms with Crippen LogP contribution in [0.4, 0.5) is 8.78 Å². The SMILES string of the molecule is CNC[C@H](F)C[C@H](C)[C@H](C)Oc1cc(Cl)nc(-c2cc(C(C)(C)c3c(F)cccc3P)on2)n1. The molecule has 2 heterocycles. The molecule has 184 valence electrons. The molecule has 0 aliphatic heterocycles. The van der Waals surface area contributed by atoms with Gasteiger partial charge >= 0.3 is 0 Å². The van der Waals surface area contributed by atoms with Crippen molar-refractivity contribution in [2.24, 2.45) is 5.92 Å². The second kappa shape index (κ2) is 11.1. The highest BCUT2D eigenvalue weighted by molar-refractivity contribution is 7.27. The largest absolute Gasteiger partial charge is 0.474 e. The van der Waals surface area contributed by atoms with Crippen molar-refractivity contribution in [3.05, 3.63) is 52.6 Å². The number of alkyl halides is 1. The fourth-order valence-electron chi connectivity index (χ4n) is 3.78. The van der Waals surface area contributed by atoms with E-state index in [1.165, 1.54) is 12.1 Å². The van der Waals surface area contributed by atoms with Crippen LogP contribution in [0.15, 0.2) is 34.9 Å². The number of ether oxygens (including phenoxy) is 1. The summed E-state index contributed by atoms with van der Waals surface area (Å²) in [5.74, 6) is 0.526. The molecule has 1 aromatic carbocycles. The topological polar surface area (TPSA) is 73.1 Å². The molecule has 0 saturated heterocycles. The molecule has 2 aromatic heterocycles. The van der Waals surface area contributed by atoms with E-state index in [0.29, 0.717) is 23.4 Å². The van der Waals surface area contributed by atoms with E-state index in [0.717, 1.165) is 5.30 Å². The molecule has 0 saturated carbocycles. The maximum atomic E-state index is 14.6. The third kappa shape index (κ3) is 6.09. The van der Waals surface area contributed by atoms with Crippen molar-refractivity contribution < 1.29 is 18.0 Å². The maximum Gasteiger partial charge on any atom is 0.218 e. The molecule has 34 heavy (non-hydrogen) atoms. The fourth-order valence-corrected chi connectivity index (χ4v) is 4.56. The van der Waals surface area contributed by atoms with E-state index < -0.39 is 11.6 Å². The first-order chi connectivity index (χ1) is 16.0. The van der Waals surface area contributed by atoms with Crippen LogP contribution in [0.25, 0.3) is 11.5 Å². The summed E-state index contributed by atoms with van der Waals surface area (Å²) in [7, 11) is 4.27. The standard InChI is InChI=1S/C24H30ClF2N4O2P/c1-13(9-15(26)12-28-5)14(2)32-21-11-20(25)29-23(30-21)17-10-19(33-31-17)24(3,4)22-16(27)7-6-8-18(22)34/h6-8,10-11,13-15,28H,9,12,34H2,1-5H3/t13-,14-,15+/m0/s1. The summed E-state index contributed by atoms with van der Waals surface area (Å²) in [6, 6.07) is 8.05. The Morgan fingerprint density at radius 3 is 2.65 bits per heavy atom. The van der Waals surface area contributed by atoms with Crippen LogP contribution in [0, 0.1) is 11.7 Å². The van der Waals surface area contributed by atoms with Crippen molar-refractivity contribution in [1.29, 1.82) is 0 Å². The zero-order valence-electron chi connectivity index (χ0n) is 19.9. The molecule has 0 fully saturated rings. The highest BCUT2D eigenvalue weighted by atomic mass is 35.5. The highest BCUT2D eigenvalue weighted by Gasteiger charge is 2.33. The van der Waals surface area contributed by atoms with E-state index in [2.05, 4.69) is 29.7 Å². The summed E-state index contributed by atoms with van der Waals surface area (Å²) >= 11 is 6.21. The Kier molecular flexibility index (Phi) is 8.61. The second-order valence-corrected chi connectivity index (χ2v) is 9.96. The van der Waals surface area contributed by atoms with Gasteiger partial charge in [0, 0.05) is 24.2 Å². The zero-order valence-corrected chi connectivity index (χ0v) is 21.8. The third-order valence-electron chi connectivity index (χ3n) is 5.86. The number of rotatable bonds is 10. The number of nitrogens with one attached hydrogen (secondary N) is 1. The van der Waals surface area contributed by atoms with Gasteiger partial charge in [-0.25, -0.2) is 13.8 Å². The van der Waals surface area contributed by atoms with E-state index in [9.17, 15) is 8.78 Å². The molecular weight excluding hydrogens is 481 g/mol. The van der Waals surface area contributed by atoms with Gasteiger partial charge in [-0.05, 0) is 51.5 Å². The lowest BCUT2D eigenvalue weighted by Gasteiger charge is -2.24. The molecule has 4 atom stereocenters. The Balaban J connectivity index is 1.83. The monoisotopic (exact) mass is 510 g/mol. The predicted molar refractivity (Wildman–Crippen MR) is 133 cm³/mol. The van der Waals surface area contributed by atoms with Crippen LogP contribution in [0.3, 0.4) is 0 Å². The second-order valence-electron chi connectivity index (χ2n) is 8.95. The molecule has 0 bridgehead atoms. The number of hydrogen-bond donors (Lipinski definition) is 1. The van der Waals surface area contributed by atoms with E-state index in [1.54, 1.807) is 19.2 Å². The molecule has 3 aromatic rings. The van der Waals surface area contributed by atoms with Crippen molar-refractivity contribution in [3.63, 3.8) is 0 Å². The zero-order chi connectivity index (χ0) is 25.0. The summed E-state index contributed by atoms with van der Waals surface area (Å²) in [5, 5.41) is 7.82. The lowest BCUT2D eigenvalue weighted by atomic mass is 9.81. The van der Waals surface area contributed by atoms with Gasteiger partial charge in [-0.15, -0.1) is 9.24 Å². The number of benzene rings is 1. The number of aromatic nitrogens is 3. The predicted octanol–water partition coefficient (Wildman–Crippen LogP) is 5.10. The van der Waals surface area contributed by atoms with Gasteiger partial charge in [-0.2, -0.15) is 4.98 Å². The van der Waals surface area contributed by atoms with Gasteiger partial charge in [0.15, 0.2) is 11.5 Å². The number of hydrogen-bond acceptors (Lipinski definition) is 6. The summed E-state index contributed by atoms with van der Waals surface area (Å²) in [6.07, 6.45) is -0.922. The smallest absolute Gasteiger partial charge is 0.218 e. The van der Waals surface area contributed by atoms with Crippen molar-refractivity contribution in [2.45, 2.75) is 51.8 Å². The summed E-state index contributed by atoms with van der Waals surface area (Å²) < 4.78 is 40.1. The van der Waals surface area contributed by atoms with Crippen LogP contribution in [0.2, 0.25) is 5.15 Å². The lowest BCUT2D eigenvalue weighted by molar-refractivity contribution is 0.126. The van der Waals surface area contributed by atoms with Gasteiger partial charge in [0.1, 0.15) is 29.0 Å². The van der Waals surface area contributed by atoms with E-state index >= 15 is 0 Å². The fraction of sp³-hybridized carbons (Fsp3) is 0.458. The highest BCUT2D eigenvalue weighted by Crippen LogP contribution is 2.35. The summed E-state index contributed by atoms with van der Waals surface area (Å²) in [6.45, 7) is 7.78. The first-order valence-corrected chi connectivity index (χ1v) is 12.0. The summed E-state index contributed by atoms with van der Waals surface area (Å²) in [4.78, 5) is 8.66. The average molecular weight is 511 g/mol. The minimum Gasteiger partial charge on any atom is -0.474 e. The number of nitrogens with zero attached hydrogens (tertiary/aromatic N) is 3. The Labute approximate surface area is 206 Å². The van der Waals surface area contributed by atoms with Gasteiger partial charge in [-0.3, -0.25) is 0 Å². The molecule has 10 heteroatoms. The van der Waals surface area contributed by atoms with E-state index in [4.69, 9.17) is 20.9 Å². The molecule has 6 nitrogen and oxygen atoms in total. The van der Waals surface area contributed by atoms with Gasteiger partial charge in [0.25, 0.3) is 0 Å². The van der Waals surface area contributed by atoms with Crippen molar-refractivity contribution in [1.82, 2.24) is 20.4 Å². The minimum atomic E-state index is -0.969. The molecule has 0 radical (unpaired) electrons. The molecule has 0 aliphatic carbocycles. The maximum absolute atomic E-state index is 14.6. The van der Waals surface area contributed by atoms with Gasteiger partial charge in [0.2, 0.25) is 5.88 Å². The quantitative estimate of drug-likeness (QED) is 0.302. The molecule has 1 unspecified atom stereocenters. The molecule has 0 aliphatic rings. The Bertz CT molecular complexity index is 1110. The van der Waals surface area contributed by atoms with Crippen molar-refractivity contribution >= 4 is 26.1 Å². The van der Waals surface area contributed by atoms with Crippen LogP contribution < -0.4 is 15.4 Å². The first kappa shape index (κ1) is 26.5. The molecule has 3 rings (SSSR count). The normalized spacial score (nSPS) is 14.6. The Morgan fingerprint density at radius 1 is 1.24 bits per heavy atom. The van der Waals surface area contributed by atoms with E-state index in [-0.39, 0.29) is 41.2 Å². The van der Waals surface area contributed by atoms with Crippen molar-refractivity contribution in [3.8, 4) is 17.4 Å². The molecular formula is C24H30ClF2N4O2P. The van der Waals surface area contributed by atoms with Gasteiger partial charge in [-0.1, -0.05) is 35.8 Å². The molecule has 1 N–H and O–H groups in total.